The van der Waals surface area contributed by atoms with E-state index in [0.717, 1.165) is 30.6 Å². The van der Waals surface area contributed by atoms with Gasteiger partial charge in [0.1, 0.15) is 11.6 Å². The molecule has 0 radical (unpaired) electrons. The average Bonchev–Trinajstić information content (AvgIpc) is 2.61. The van der Waals surface area contributed by atoms with Crippen molar-refractivity contribution >= 4 is 11.6 Å². The van der Waals surface area contributed by atoms with Crippen LogP contribution in [-0.4, -0.2) is 38.9 Å². The van der Waals surface area contributed by atoms with Crippen molar-refractivity contribution in [1.82, 2.24) is 19.7 Å². The Morgan fingerprint density at radius 2 is 2.16 bits per heavy atom. The maximum absolute atomic E-state index is 12.3. The Morgan fingerprint density at radius 3 is 2.92 bits per heavy atom. The first kappa shape index (κ1) is 16.9. The highest BCUT2D eigenvalue weighted by molar-refractivity contribution is 5.56. The Labute approximate surface area is 146 Å². The van der Waals surface area contributed by atoms with Crippen LogP contribution in [0.4, 0.5) is 11.6 Å². The van der Waals surface area contributed by atoms with Gasteiger partial charge in [0.2, 0.25) is 0 Å². The normalized spacial score (nSPS) is 17.2. The number of aromatic nitrogens is 4. The summed E-state index contributed by atoms with van der Waals surface area (Å²) in [6.45, 7) is 5.13. The minimum atomic E-state index is -0.105. The van der Waals surface area contributed by atoms with Gasteiger partial charge in [-0.3, -0.25) is 4.79 Å². The minimum Gasteiger partial charge on any atom is -0.363 e. The maximum atomic E-state index is 12.3. The molecule has 1 aliphatic heterocycles. The first-order valence-electron chi connectivity index (χ1n) is 8.28. The standard InChI is InChI=1S/C17H21N7O/c1-11-12(2)21-22-15(14(11)9-18)20-13-5-4-7-24(10-13)16-17(25)23(3)8-6-19-16/h6,8,13H,4-5,7,10H2,1-3H3,(H,20,22). The Bertz CT molecular complexity index is 884. The second-order valence-corrected chi connectivity index (χ2v) is 6.34. The van der Waals surface area contributed by atoms with E-state index in [4.69, 9.17) is 0 Å². The Hall–Kier alpha value is -2.95. The number of hydrogen-bond donors (Lipinski definition) is 1. The summed E-state index contributed by atoms with van der Waals surface area (Å²) in [5.74, 6) is 0.967. The van der Waals surface area contributed by atoms with Gasteiger partial charge in [0.15, 0.2) is 11.6 Å². The van der Waals surface area contributed by atoms with E-state index in [0.29, 0.717) is 23.7 Å². The molecule has 0 bridgehead atoms. The number of nitriles is 1. The summed E-state index contributed by atoms with van der Waals surface area (Å²) in [5.41, 5.74) is 2.01. The van der Waals surface area contributed by atoms with Crippen molar-refractivity contribution in [3.8, 4) is 6.07 Å². The largest absolute Gasteiger partial charge is 0.363 e. The Morgan fingerprint density at radius 1 is 1.36 bits per heavy atom. The zero-order chi connectivity index (χ0) is 18.0. The number of nitrogens with zero attached hydrogens (tertiary/aromatic N) is 6. The SMILES string of the molecule is Cc1nnc(NC2CCCN(c3nccn(C)c3=O)C2)c(C#N)c1C. The molecule has 25 heavy (non-hydrogen) atoms. The molecule has 3 heterocycles. The van der Waals surface area contributed by atoms with Crippen molar-refractivity contribution in [2.24, 2.45) is 7.05 Å². The van der Waals surface area contributed by atoms with Gasteiger partial charge in [0.25, 0.3) is 5.56 Å². The molecule has 0 spiro atoms. The highest BCUT2D eigenvalue weighted by Crippen LogP contribution is 2.21. The fraction of sp³-hybridized carbons (Fsp3) is 0.471. The Kier molecular flexibility index (Phi) is 4.65. The lowest BCUT2D eigenvalue weighted by molar-refractivity contribution is 0.522. The fourth-order valence-electron chi connectivity index (χ4n) is 3.03. The van der Waals surface area contributed by atoms with E-state index in [9.17, 15) is 10.1 Å². The highest BCUT2D eigenvalue weighted by atomic mass is 16.1. The van der Waals surface area contributed by atoms with E-state index < -0.39 is 0 Å². The van der Waals surface area contributed by atoms with Gasteiger partial charge < -0.3 is 14.8 Å². The second-order valence-electron chi connectivity index (χ2n) is 6.34. The molecule has 1 saturated heterocycles. The first-order valence-corrected chi connectivity index (χ1v) is 8.28. The Balaban J connectivity index is 1.81. The molecule has 1 atom stereocenters. The van der Waals surface area contributed by atoms with Crippen molar-refractivity contribution in [3.63, 3.8) is 0 Å². The van der Waals surface area contributed by atoms with Crippen LogP contribution in [0.5, 0.6) is 0 Å². The molecule has 0 amide bonds. The van der Waals surface area contributed by atoms with Crippen LogP contribution in [0.2, 0.25) is 0 Å². The lowest BCUT2D eigenvalue weighted by Crippen LogP contribution is -2.45. The molecule has 0 saturated carbocycles. The summed E-state index contributed by atoms with van der Waals surface area (Å²) < 4.78 is 1.53. The second kappa shape index (κ2) is 6.89. The number of piperidine rings is 1. The molecule has 8 nitrogen and oxygen atoms in total. The molecule has 3 rings (SSSR count). The number of anilines is 2. The van der Waals surface area contributed by atoms with Crippen molar-refractivity contribution in [1.29, 1.82) is 5.26 Å². The van der Waals surface area contributed by atoms with Gasteiger partial charge in [-0.1, -0.05) is 0 Å². The summed E-state index contributed by atoms with van der Waals surface area (Å²) >= 11 is 0. The molecular weight excluding hydrogens is 318 g/mol. The molecular formula is C17H21N7O. The van der Waals surface area contributed by atoms with Gasteiger partial charge >= 0.3 is 0 Å². The van der Waals surface area contributed by atoms with Crippen LogP contribution < -0.4 is 15.8 Å². The predicted molar refractivity (Wildman–Crippen MR) is 94.6 cm³/mol. The molecule has 8 heteroatoms. The van der Waals surface area contributed by atoms with Crippen LogP contribution >= 0.6 is 0 Å². The lowest BCUT2D eigenvalue weighted by Gasteiger charge is -2.33. The van der Waals surface area contributed by atoms with Gasteiger partial charge in [-0.15, -0.1) is 5.10 Å². The summed E-state index contributed by atoms with van der Waals surface area (Å²) in [4.78, 5) is 18.5. The summed E-state index contributed by atoms with van der Waals surface area (Å²) in [6.07, 6.45) is 5.15. The summed E-state index contributed by atoms with van der Waals surface area (Å²) in [5, 5.41) is 21.0. The molecule has 1 fully saturated rings. The van der Waals surface area contributed by atoms with Crippen molar-refractivity contribution in [3.05, 3.63) is 39.6 Å². The quantitative estimate of drug-likeness (QED) is 0.895. The number of aryl methyl sites for hydroxylation is 2. The zero-order valence-electron chi connectivity index (χ0n) is 14.7. The van der Waals surface area contributed by atoms with E-state index in [1.807, 2.05) is 18.7 Å². The molecule has 2 aromatic heterocycles. The number of hydrogen-bond acceptors (Lipinski definition) is 7. The van der Waals surface area contributed by atoms with E-state index >= 15 is 0 Å². The lowest BCUT2D eigenvalue weighted by atomic mass is 10.0. The minimum absolute atomic E-state index is 0.0731. The van der Waals surface area contributed by atoms with Gasteiger partial charge in [-0.25, -0.2) is 4.98 Å². The van der Waals surface area contributed by atoms with Crippen LogP contribution in [0.1, 0.15) is 29.7 Å². The summed E-state index contributed by atoms with van der Waals surface area (Å²) in [7, 11) is 1.72. The molecule has 0 aliphatic carbocycles. The van der Waals surface area contributed by atoms with Gasteiger partial charge in [0.05, 0.1) is 5.69 Å². The number of nitrogens with one attached hydrogen (secondary N) is 1. The van der Waals surface area contributed by atoms with Crippen LogP contribution in [-0.2, 0) is 7.05 Å². The molecule has 130 valence electrons. The van der Waals surface area contributed by atoms with Gasteiger partial charge in [-0.2, -0.15) is 10.4 Å². The van der Waals surface area contributed by atoms with E-state index in [2.05, 4.69) is 26.6 Å². The molecule has 0 aromatic carbocycles. The van der Waals surface area contributed by atoms with Crippen molar-refractivity contribution in [2.75, 3.05) is 23.3 Å². The van der Waals surface area contributed by atoms with Crippen LogP contribution in [0.25, 0.3) is 0 Å². The third-order valence-electron chi connectivity index (χ3n) is 4.63. The zero-order valence-corrected chi connectivity index (χ0v) is 14.7. The van der Waals surface area contributed by atoms with Crippen molar-refractivity contribution in [2.45, 2.75) is 32.7 Å². The third kappa shape index (κ3) is 3.31. The topological polar surface area (TPSA) is 99.7 Å². The van der Waals surface area contributed by atoms with Crippen LogP contribution in [0, 0.1) is 25.2 Å². The maximum Gasteiger partial charge on any atom is 0.293 e. The van der Waals surface area contributed by atoms with Crippen LogP contribution in [0.3, 0.4) is 0 Å². The monoisotopic (exact) mass is 339 g/mol. The average molecular weight is 339 g/mol. The highest BCUT2D eigenvalue weighted by Gasteiger charge is 2.24. The predicted octanol–water partition coefficient (Wildman–Crippen LogP) is 1.14. The van der Waals surface area contributed by atoms with Crippen LogP contribution in [0.15, 0.2) is 17.2 Å². The smallest absolute Gasteiger partial charge is 0.293 e. The third-order valence-corrected chi connectivity index (χ3v) is 4.63. The summed E-state index contributed by atoms with van der Waals surface area (Å²) in [6, 6.07) is 2.28. The molecule has 1 N–H and O–H groups in total. The van der Waals surface area contributed by atoms with E-state index in [-0.39, 0.29) is 11.6 Å². The van der Waals surface area contributed by atoms with Gasteiger partial charge in [-0.05, 0) is 32.3 Å². The molecule has 2 aromatic rings. The fourth-order valence-corrected chi connectivity index (χ4v) is 3.03. The first-order chi connectivity index (χ1) is 12.0. The van der Waals surface area contributed by atoms with Gasteiger partial charge in [0, 0.05) is 38.6 Å². The van der Waals surface area contributed by atoms with E-state index in [1.165, 1.54) is 4.57 Å². The van der Waals surface area contributed by atoms with Crippen molar-refractivity contribution < 1.29 is 0 Å². The van der Waals surface area contributed by atoms with E-state index in [1.54, 1.807) is 19.4 Å². The molecule has 1 aliphatic rings. The molecule has 1 unspecified atom stereocenters. The number of rotatable bonds is 3.